The summed E-state index contributed by atoms with van der Waals surface area (Å²) < 4.78 is 41.2. The molecule has 2 heterocycles. The molecule has 0 aliphatic carbocycles. The van der Waals surface area contributed by atoms with Gasteiger partial charge in [-0.3, -0.25) is 9.48 Å². The first-order chi connectivity index (χ1) is 9.74. The number of aromatic nitrogens is 2. The highest BCUT2D eigenvalue weighted by atomic mass is 19.4. The Morgan fingerprint density at radius 1 is 1.57 bits per heavy atom. The molecule has 116 valence electrons. The van der Waals surface area contributed by atoms with Crippen LogP contribution in [0.15, 0.2) is 12.4 Å². The predicted octanol–water partition coefficient (Wildman–Crippen LogP) is 0.814. The van der Waals surface area contributed by atoms with Gasteiger partial charge in [-0.15, -0.1) is 0 Å². The minimum Gasteiger partial charge on any atom is -0.440 e. The summed E-state index contributed by atoms with van der Waals surface area (Å²) >= 11 is 0. The molecular weight excluding hydrogens is 293 g/mol. The monoisotopic (exact) mass is 306 g/mol. The van der Waals surface area contributed by atoms with Gasteiger partial charge in [-0.05, 0) is 0 Å². The number of ether oxygens (including phenoxy) is 1. The van der Waals surface area contributed by atoms with Gasteiger partial charge < -0.3 is 15.0 Å². The topological polar surface area (TPSA) is 76.5 Å². The molecule has 1 unspecified atom stereocenters. The lowest BCUT2D eigenvalue weighted by Crippen LogP contribution is -2.38. The van der Waals surface area contributed by atoms with Gasteiger partial charge in [0.05, 0.1) is 17.9 Å². The molecule has 0 radical (unpaired) electrons. The van der Waals surface area contributed by atoms with E-state index in [1.807, 2.05) is 0 Å². The third-order valence-electron chi connectivity index (χ3n) is 2.82. The molecule has 0 spiro atoms. The molecule has 1 fully saturated rings. The summed E-state index contributed by atoms with van der Waals surface area (Å²) in [4.78, 5) is 24.4. The number of aryl methyl sites for hydroxylation is 1. The van der Waals surface area contributed by atoms with E-state index < -0.39 is 24.9 Å². The van der Waals surface area contributed by atoms with Crippen molar-refractivity contribution in [3.63, 3.8) is 0 Å². The molecule has 10 heteroatoms. The molecule has 0 saturated carbocycles. The molecule has 1 aromatic rings. The molecule has 21 heavy (non-hydrogen) atoms. The number of halogens is 3. The Hall–Kier alpha value is -2.26. The fraction of sp³-hybridized carbons (Fsp3) is 0.545. The van der Waals surface area contributed by atoms with E-state index >= 15 is 0 Å². The summed E-state index contributed by atoms with van der Waals surface area (Å²) in [6, 6.07) is -0.599. The lowest BCUT2D eigenvalue weighted by molar-refractivity contribution is -0.160. The second-order valence-electron chi connectivity index (χ2n) is 4.61. The van der Waals surface area contributed by atoms with Crippen LogP contribution in [0.2, 0.25) is 0 Å². The zero-order valence-corrected chi connectivity index (χ0v) is 11.1. The van der Waals surface area contributed by atoms with E-state index in [9.17, 15) is 22.8 Å². The summed E-state index contributed by atoms with van der Waals surface area (Å²) in [6.45, 7) is -1.50. The Balaban J connectivity index is 1.87. The average molecular weight is 306 g/mol. The fourth-order valence-electron chi connectivity index (χ4n) is 1.96. The molecule has 0 bridgehead atoms. The number of alkyl halides is 3. The van der Waals surface area contributed by atoms with Crippen LogP contribution in [0.3, 0.4) is 0 Å². The van der Waals surface area contributed by atoms with Crippen LogP contribution in [0.4, 0.5) is 23.7 Å². The molecule has 1 aliphatic rings. The molecule has 0 aromatic carbocycles. The van der Waals surface area contributed by atoms with Gasteiger partial charge in [-0.1, -0.05) is 0 Å². The quantitative estimate of drug-likeness (QED) is 0.897. The molecule has 1 aliphatic heterocycles. The van der Waals surface area contributed by atoms with Crippen molar-refractivity contribution in [2.75, 3.05) is 18.1 Å². The first-order valence-electron chi connectivity index (χ1n) is 6.03. The van der Waals surface area contributed by atoms with E-state index in [0.29, 0.717) is 5.69 Å². The summed E-state index contributed by atoms with van der Waals surface area (Å²) in [5.41, 5.74) is 0.565. The van der Waals surface area contributed by atoms with Crippen molar-refractivity contribution in [3.8, 4) is 0 Å². The van der Waals surface area contributed by atoms with Crippen LogP contribution in [-0.2, 0) is 16.6 Å². The van der Waals surface area contributed by atoms with E-state index in [0.717, 1.165) is 0 Å². The van der Waals surface area contributed by atoms with Gasteiger partial charge in [-0.2, -0.15) is 18.3 Å². The molecule has 1 saturated heterocycles. The maximum Gasteiger partial charge on any atom is 0.422 e. The standard InChI is InChI=1S/C11H13F3N4O3/c1-17-5-8(3-15-17)18-4-7(2-9(18)19)16-10(20)21-6-11(12,13)14/h3,5,7H,2,4,6H2,1H3,(H,16,20). The second kappa shape index (κ2) is 5.62. The number of alkyl carbamates (subject to hydrolysis) is 1. The molecule has 1 aromatic heterocycles. The molecule has 1 atom stereocenters. The maximum atomic E-state index is 11.9. The highest BCUT2D eigenvalue weighted by Gasteiger charge is 2.34. The number of hydrogen-bond donors (Lipinski definition) is 1. The summed E-state index contributed by atoms with van der Waals surface area (Å²) in [7, 11) is 1.69. The molecule has 2 amide bonds. The summed E-state index contributed by atoms with van der Waals surface area (Å²) in [6.07, 6.45) is -2.66. The third-order valence-corrected chi connectivity index (χ3v) is 2.82. The Morgan fingerprint density at radius 2 is 2.29 bits per heavy atom. The van der Waals surface area contributed by atoms with Crippen LogP contribution >= 0.6 is 0 Å². The Kier molecular flexibility index (Phi) is 4.05. The van der Waals surface area contributed by atoms with Crippen LogP contribution in [0.1, 0.15) is 6.42 Å². The largest absolute Gasteiger partial charge is 0.440 e. The molecule has 1 N–H and O–H groups in total. The van der Waals surface area contributed by atoms with Gasteiger partial charge in [-0.25, -0.2) is 4.79 Å². The predicted molar refractivity (Wildman–Crippen MR) is 64.5 cm³/mol. The van der Waals surface area contributed by atoms with Crippen molar-refractivity contribution in [1.29, 1.82) is 0 Å². The molecule has 7 nitrogen and oxygen atoms in total. The lowest BCUT2D eigenvalue weighted by Gasteiger charge is -2.15. The van der Waals surface area contributed by atoms with Gasteiger partial charge in [0.2, 0.25) is 5.91 Å². The number of rotatable bonds is 3. The minimum absolute atomic E-state index is 0.00396. The van der Waals surface area contributed by atoms with E-state index in [1.54, 1.807) is 13.2 Å². The van der Waals surface area contributed by atoms with Crippen molar-refractivity contribution in [2.24, 2.45) is 7.05 Å². The minimum atomic E-state index is -4.58. The van der Waals surface area contributed by atoms with Crippen LogP contribution in [0, 0.1) is 0 Å². The second-order valence-corrected chi connectivity index (χ2v) is 4.61. The number of carbonyl (C=O) groups excluding carboxylic acids is 2. The van der Waals surface area contributed by atoms with Crippen molar-refractivity contribution < 1.29 is 27.5 Å². The van der Waals surface area contributed by atoms with Gasteiger partial charge in [0.1, 0.15) is 0 Å². The summed E-state index contributed by atoms with van der Waals surface area (Å²) in [5.74, 6) is -0.246. The van der Waals surface area contributed by atoms with Crippen LogP contribution in [0.25, 0.3) is 0 Å². The van der Waals surface area contributed by atoms with Gasteiger partial charge in [0.25, 0.3) is 0 Å². The number of nitrogens with one attached hydrogen (secondary N) is 1. The van der Waals surface area contributed by atoms with Gasteiger partial charge in [0, 0.05) is 26.2 Å². The molecule has 2 rings (SSSR count). The van der Waals surface area contributed by atoms with Crippen molar-refractivity contribution in [2.45, 2.75) is 18.6 Å². The number of amides is 2. The van der Waals surface area contributed by atoms with E-state index in [4.69, 9.17) is 0 Å². The number of hydrogen-bond acceptors (Lipinski definition) is 4. The summed E-state index contributed by atoms with van der Waals surface area (Å²) in [5, 5.41) is 6.16. The first kappa shape index (κ1) is 15.1. The number of carbonyl (C=O) groups is 2. The third kappa shape index (κ3) is 4.10. The highest BCUT2D eigenvalue weighted by Crippen LogP contribution is 2.21. The average Bonchev–Trinajstić information content (AvgIpc) is 2.92. The Labute approximate surface area is 117 Å². The van der Waals surface area contributed by atoms with Crippen molar-refractivity contribution >= 4 is 17.7 Å². The highest BCUT2D eigenvalue weighted by molar-refractivity contribution is 5.96. The van der Waals surface area contributed by atoms with Crippen molar-refractivity contribution in [3.05, 3.63) is 12.4 Å². The van der Waals surface area contributed by atoms with E-state index in [2.05, 4.69) is 15.2 Å². The van der Waals surface area contributed by atoms with Gasteiger partial charge >= 0.3 is 12.3 Å². The van der Waals surface area contributed by atoms with E-state index in [-0.39, 0.29) is 18.9 Å². The zero-order chi connectivity index (χ0) is 15.6. The Bertz CT molecular complexity index is 543. The van der Waals surface area contributed by atoms with E-state index in [1.165, 1.54) is 15.8 Å². The zero-order valence-electron chi connectivity index (χ0n) is 11.1. The van der Waals surface area contributed by atoms with Crippen LogP contribution in [0.5, 0.6) is 0 Å². The van der Waals surface area contributed by atoms with Gasteiger partial charge in [0.15, 0.2) is 6.61 Å². The van der Waals surface area contributed by atoms with Crippen LogP contribution in [-0.4, -0.2) is 47.2 Å². The SMILES string of the molecule is Cn1cc(N2CC(NC(=O)OCC(F)(F)F)CC2=O)cn1. The number of nitrogens with zero attached hydrogens (tertiary/aromatic N) is 3. The maximum absolute atomic E-state index is 11.9. The smallest absolute Gasteiger partial charge is 0.422 e. The van der Waals surface area contributed by atoms with Crippen molar-refractivity contribution in [1.82, 2.24) is 15.1 Å². The van der Waals surface area contributed by atoms with Crippen LogP contribution < -0.4 is 10.2 Å². The molecular formula is C11H13F3N4O3. The first-order valence-corrected chi connectivity index (χ1v) is 6.03. The Morgan fingerprint density at radius 3 is 2.86 bits per heavy atom. The fourth-order valence-corrected chi connectivity index (χ4v) is 1.96. The lowest BCUT2D eigenvalue weighted by atomic mass is 10.3. The normalized spacial score (nSPS) is 19.0. The number of anilines is 1.